The van der Waals surface area contributed by atoms with E-state index in [0.29, 0.717) is 24.1 Å². The van der Waals surface area contributed by atoms with Crippen LogP contribution in [-0.2, 0) is 11.3 Å². The van der Waals surface area contributed by atoms with Gasteiger partial charge in [-0.1, -0.05) is 13.0 Å². The van der Waals surface area contributed by atoms with E-state index in [4.69, 9.17) is 4.74 Å². The molecule has 1 aliphatic rings. The zero-order valence-corrected chi connectivity index (χ0v) is 11.2. The number of carbonyl (C=O) groups excluding carboxylic acids is 1. The molecule has 18 heavy (non-hydrogen) atoms. The number of nitrogens with zero attached hydrogens (tertiary/aromatic N) is 2. The van der Waals surface area contributed by atoms with E-state index in [1.54, 1.807) is 7.11 Å². The highest BCUT2D eigenvalue weighted by Gasteiger charge is 2.30. The quantitative estimate of drug-likeness (QED) is 0.819. The van der Waals surface area contributed by atoms with Crippen LogP contribution >= 0.6 is 0 Å². The summed E-state index contributed by atoms with van der Waals surface area (Å²) in [4.78, 5) is 18.2. The van der Waals surface area contributed by atoms with E-state index < -0.39 is 0 Å². The smallest absolute Gasteiger partial charge is 0.212 e. The number of hydrogen-bond acceptors (Lipinski definition) is 4. The molecule has 0 saturated carbocycles. The van der Waals surface area contributed by atoms with Gasteiger partial charge in [0.2, 0.25) is 5.88 Å². The molecule has 0 amide bonds. The van der Waals surface area contributed by atoms with Crippen molar-refractivity contribution in [3.05, 3.63) is 23.9 Å². The van der Waals surface area contributed by atoms with Gasteiger partial charge in [-0.2, -0.15) is 0 Å². The average molecular weight is 248 g/mol. The number of likely N-dealkylation sites (tertiary alicyclic amines) is 1. The number of ether oxygens (including phenoxy) is 1. The van der Waals surface area contributed by atoms with Crippen LogP contribution in [0.4, 0.5) is 0 Å². The zero-order chi connectivity index (χ0) is 13.1. The van der Waals surface area contributed by atoms with Gasteiger partial charge in [0, 0.05) is 43.7 Å². The minimum absolute atomic E-state index is 0.130. The fourth-order valence-corrected chi connectivity index (χ4v) is 2.35. The molecule has 0 N–H and O–H groups in total. The summed E-state index contributed by atoms with van der Waals surface area (Å²) in [5.74, 6) is 1.14. The van der Waals surface area contributed by atoms with Crippen molar-refractivity contribution < 1.29 is 9.53 Å². The molecule has 1 aromatic heterocycles. The van der Waals surface area contributed by atoms with E-state index in [1.165, 1.54) is 0 Å². The molecule has 2 heterocycles. The maximum Gasteiger partial charge on any atom is 0.212 e. The van der Waals surface area contributed by atoms with Crippen molar-refractivity contribution in [1.29, 1.82) is 0 Å². The summed E-state index contributed by atoms with van der Waals surface area (Å²) >= 11 is 0. The van der Waals surface area contributed by atoms with Gasteiger partial charge in [-0.25, -0.2) is 4.98 Å². The van der Waals surface area contributed by atoms with E-state index in [2.05, 4.69) is 16.8 Å². The van der Waals surface area contributed by atoms with Gasteiger partial charge in [0.15, 0.2) is 0 Å². The lowest BCUT2D eigenvalue weighted by Crippen LogP contribution is -2.46. The molecule has 1 saturated heterocycles. The van der Waals surface area contributed by atoms with Crippen molar-refractivity contribution in [3.63, 3.8) is 0 Å². The van der Waals surface area contributed by atoms with Crippen molar-refractivity contribution >= 4 is 5.78 Å². The molecule has 0 aromatic carbocycles. The van der Waals surface area contributed by atoms with Crippen molar-refractivity contribution in [2.75, 3.05) is 13.7 Å². The Morgan fingerprint density at radius 1 is 1.44 bits per heavy atom. The SMILES string of the molecule is COc1ccc(CN2CCC(=O)C(C)C2C)cn1. The summed E-state index contributed by atoms with van der Waals surface area (Å²) in [5.41, 5.74) is 1.16. The molecular formula is C14H20N2O2. The highest BCUT2D eigenvalue weighted by Crippen LogP contribution is 2.22. The van der Waals surface area contributed by atoms with E-state index in [9.17, 15) is 4.79 Å². The van der Waals surface area contributed by atoms with E-state index in [1.807, 2.05) is 25.3 Å². The molecule has 0 radical (unpaired) electrons. The van der Waals surface area contributed by atoms with Crippen LogP contribution in [0.2, 0.25) is 0 Å². The molecular weight excluding hydrogens is 228 g/mol. The number of carbonyl (C=O) groups is 1. The molecule has 4 nitrogen and oxygen atoms in total. The first-order valence-electron chi connectivity index (χ1n) is 6.37. The normalized spacial score (nSPS) is 25.2. The number of rotatable bonds is 3. The lowest BCUT2D eigenvalue weighted by molar-refractivity contribution is -0.128. The minimum atomic E-state index is 0.130. The third-order valence-corrected chi connectivity index (χ3v) is 3.85. The van der Waals surface area contributed by atoms with Crippen LogP contribution in [0.5, 0.6) is 5.88 Å². The molecule has 1 fully saturated rings. The Kier molecular flexibility index (Phi) is 3.97. The largest absolute Gasteiger partial charge is 0.481 e. The molecule has 1 aromatic rings. The number of Topliss-reactive ketones (excluding diaryl/α,β-unsaturated/α-hetero) is 1. The number of aromatic nitrogens is 1. The van der Waals surface area contributed by atoms with Gasteiger partial charge in [0.1, 0.15) is 5.78 Å². The molecule has 1 aliphatic heterocycles. The molecule has 0 spiro atoms. The minimum Gasteiger partial charge on any atom is -0.481 e. The lowest BCUT2D eigenvalue weighted by atomic mass is 9.90. The van der Waals surface area contributed by atoms with E-state index >= 15 is 0 Å². The van der Waals surface area contributed by atoms with Crippen molar-refractivity contribution in [2.45, 2.75) is 32.9 Å². The van der Waals surface area contributed by atoms with Crippen molar-refractivity contribution in [3.8, 4) is 5.88 Å². The Hall–Kier alpha value is -1.42. The Balaban J connectivity index is 2.02. The van der Waals surface area contributed by atoms with Gasteiger partial charge in [-0.3, -0.25) is 9.69 Å². The van der Waals surface area contributed by atoms with E-state index in [0.717, 1.165) is 18.7 Å². The first kappa shape index (κ1) is 13.0. The second-order valence-electron chi connectivity index (χ2n) is 4.92. The highest BCUT2D eigenvalue weighted by molar-refractivity contribution is 5.82. The third-order valence-electron chi connectivity index (χ3n) is 3.85. The number of hydrogen-bond donors (Lipinski definition) is 0. The fraction of sp³-hybridized carbons (Fsp3) is 0.571. The molecule has 2 unspecified atom stereocenters. The summed E-state index contributed by atoms with van der Waals surface area (Å²) in [5, 5.41) is 0. The molecule has 0 aliphatic carbocycles. The third kappa shape index (κ3) is 2.70. The molecule has 2 atom stereocenters. The van der Waals surface area contributed by atoms with Crippen LogP contribution in [0, 0.1) is 5.92 Å². The Morgan fingerprint density at radius 3 is 2.83 bits per heavy atom. The number of methoxy groups -OCH3 is 1. The van der Waals surface area contributed by atoms with Gasteiger partial charge >= 0.3 is 0 Å². The van der Waals surface area contributed by atoms with Crippen LogP contribution in [0.1, 0.15) is 25.8 Å². The number of pyridine rings is 1. The summed E-state index contributed by atoms with van der Waals surface area (Å²) in [6, 6.07) is 4.20. The van der Waals surface area contributed by atoms with Crippen LogP contribution in [0.25, 0.3) is 0 Å². The predicted molar refractivity (Wildman–Crippen MR) is 69.4 cm³/mol. The van der Waals surface area contributed by atoms with Crippen molar-refractivity contribution in [1.82, 2.24) is 9.88 Å². The molecule has 2 rings (SSSR count). The second-order valence-corrected chi connectivity index (χ2v) is 4.92. The second kappa shape index (κ2) is 5.48. The van der Waals surface area contributed by atoms with Crippen LogP contribution in [0.15, 0.2) is 18.3 Å². The van der Waals surface area contributed by atoms with Gasteiger partial charge in [-0.15, -0.1) is 0 Å². The van der Waals surface area contributed by atoms with Gasteiger partial charge in [0.25, 0.3) is 0 Å². The maximum atomic E-state index is 11.6. The summed E-state index contributed by atoms with van der Waals surface area (Å²) in [6.45, 7) is 5.83. The Morgan fingerprint density at radius 2 is 2.22 bits per heavy atom. The molecule has 0 bridgehead atoms. The van der Waals surface area contributed by atoms with Crippen LogP contribution < -0.4 is 4.74 Å². The summed E-state index contributed by atoms with van der Waals surface area (Å²) in [7, 11) is 1.61. The monoisotopic (exact) mass is 248 g/mol. The fourth-order valence-electron chi connectivity index (χ4n) is 2.35. The molecule has 4 heteroatoms. The Labute approximate surface area is 108 Å². The predicted octanol–water partition coefficient (Wildman–Crippen LogP) is 1.89. The van der Waals surface area contributed by atoms with Gasteiger partial charge in [-0.05, 0) is 12.5 Å². The van der Waals surface area contributed by atoms with Crippen LogP contribution in [-0.4, -0.2) is 35.4 Å². The number of piperidine rings is 1. The maximum absolute atomic E-state index is 11.6. The zero-order valence-electron chi connectivity index (χ0n) is 11.2. The van der Waals surface area contributed by atoms with Gasteiger partial charge < -0.3 is 4.74 Å². The first-order chi connectivity index (χ1) is 8.61. The lowest BCUT2D eigenvalue weighted by Gasteiger charge is -2.36. The van der Waals surface area contributed by atoms with Crippen molar-refractivity contribution in [2.24, 2.45) is 5.92 Å². The highest BCUT2D eigenvalue weighted by atomic mass is 16.5. The standard InChI is InChI=1S/C14H20N2O2/c1-10-11(2)16(7-6-13(10)17)9-12-4-5-14(18-3)15-8-12/h4-5,8,10-11H,6-7,9H2,1-3H3. The van der Waals surface area contributed by atoms with E-state index in [-0.39, 0.29) is 5.92 Å². The first-order valence-corrected chi connectivity index (χ1v) is 6.37. The summed E-state index contributed by atoms with van der Waals surface area (Å²) in [6.07, 6.45) is 2.50. The van der Waals surface area contributed by atoms with Gasteiger partial charge in [0.05, 0.1) is 7.11 Å². The number of ketones is 1. The Bertz CT molecular complexity index is 416. The topological polar surface area (TPSA) is 42.4 Å². The molecule has 98 valence electrons. The average Bonchev–Trinajstić information content (AvgIpc) is 2.40. The summed E-state index contributed by atoms with van der Waals surface area (Å²) < 4.78 is 5.04. The van der Waals surface area contributed by atoms with Crippen LogP contribution in [0.3, 0.4) is 0 Å².